The third-order valence-corrected chi connectivity index (χ3v) is 4.47. The molecular weight excluding hydrogens is 261 g/mol. The van der Waals surface area contributed by atoms with E-state index in [0.717, 1.165) is 10.1 Å². The second-order valence-corrected chi connectivity index (χ2v) is 5.70. The lowest BCUT2D eigenvalue weighted by Gasteiger charge is -2.34. The Morgan fingerprint density at radius 1 is 1.37 bits per heavy atom. The first-order valence-corrected chi connectivity index (χ1v) is 7.53. The number of aliphatic hydroxyl groups is 1. The average Bonchev–Trinajstić information content (AvgIpc) is 2.91. The Labute approximate surface area is 117 Å². The molecule has 1 aromatic carbocycles. The summed E-state index contributed by atoms with van der Waals surface area (Å²) >= 11 is 1.61. The number of benzene rings is 1. The number of alkyl halides is 1. The summed E-state index contributed by atoms with van der Waals surface area (Å²) in [6.45, 7) is 3.85. The van der Waals surface area contributed by atoms with Crippen molar-refractivity contribution in [2.24, 2.45) is 0 Å². The van der Waals surface area contributed by atoms with E-state index in [1.165, 1.54) is 0 Å². The molecule has 2 rings (SSSR count). The van der Waals surface area contributed by atoms with Crippen LogP contribution in [0.25, 0.3) is 10.1 Å². The molecule has 2 atom stereocenters. The second kappa shape index (κ2) is 5.99. The Hall–Kier alpha value is -0.970. The zero-order chi connectivity index (χ0) is 13.9. The lowest BCUT2D eigenvalue weighted by Crippen LogP contribution is -2.49. The minimum atomic E-state index is -1.46. The Kier molecular flexibility index (Phi) is 4.55. The molecule has 2 aromatic rings. The summed E-state index contributed by atoms with van der Waals surface area (Å²) in [4.78, 5) is 0. The van der Waals surface area contributed by atoms with Crippen molar-refractivity contribution in [1.82, 2.24) is 5.32 Å². The van der Waals surface area contributed by atoms with Crippen molar-refractivity contribution < 1.29 is 9.50 Å². The summed E-state index contributed by atoms with van der Waals surface area (Å²) in [5.41, 5.74) is -0.805. The van der Waals surface area contributed by atoms with Crippen molar-refractivity contribution in [3.05, 3.63) is 35.2 Å². The highest BCUT2D eigenvalue weighted by molar-refractivity contribution is 7.17. The normalized spacial score (nSPS) is 16.4. The first-order valence-electron chi connectivity index (χ1n) is 6.65. The van der Waals surface area contributed by atoms with Gasteiger partial charge in [-0.2, -0.15) is 0 Å². The summed E-state index contributed by atoms with van der Waals surface area (Å²) < 4.78 is 14.6. The fraction of sp³-hybridized carbons (Fsp3) is 0.467. The monoisotopic (exact) mass is 281 g/mol. The van der Waals surface area contributed by atoms with Crippen LogP contribution < -0.4 is 5.32 Å². The number of thiophene rings is 1. The van der Waals surface area contributed by atoms with Crippen molar-refractivity contribution in [2.75, 3.05) is 13.2 Å². The molecular formula is C15H20FNOS. The maximum Gasteiger partial charge on any atom is 0.133 e. The summed E-state index contributed by atoms with van der Waals surface area (Å²) in [6.07, 6.45) is 0.677. The third-order valence-electron chi connectivity index (χ3n) is 3.60. The molecule has 0 amide bonds. The van der Waals surface area contributed by atoms with Gasteiger partial charge in [-0.1, -0.05) is 26.0 Å². The predicted molar refractivity (Wildman–Crippen MR) is 79.5 cm³/mol. The highest BCUT2D eigenvalue weighted by atomic mass is 32.1. The molecule has 1 aromatic heterocycles. The van der Waals surface area contributed by atoms with E-state index in [4.69, 9.17) is 0 Å². The lowest BCUT2D eigenvalue weighted by atomic mass is 9.85. The van der Waals surface area contributed by atoms with E-state index < -0.39 is 12.3 Å². The van der Waals surface area contributed by atoms with Gasteiger partial charge in [0, 0.05) is 10.7 Å². The molecule has 2 nitrogen and oxygen atoms in total. The number of hydrogen-bond donors (Lipinski definition) is 2. The van der Waals surface area contributed by atoms with Gasteiger partial charge in [0.2, 0.25) is 0 Å². The van der Waals surface area contributed by atoms with Crippen LogP contribution in [0.15, 0.2) is 29.6 Å². The smallest absolute Gasteiger partial charge is 0.133 e. The third kappa shape index (κ3) is 2.66. The molecule has 19 heavy (non-hydrogen) atoms. The van der Waals surface area contributed by atoms with Crippen molar-refractivity contribution in [3.63, 3.8) is 0 Å². The van der Waals surface area contributed by atoms with Gasteiger partial charge in [-0.25, -0.2) is 4.39 Å². The van der Waals surface area contributed by atoms with Crippen LogP contribution >= 0.6 is 11.3 Å². The first-order chi connectivity index (χ1) is 9.15. The molecule has 0 fully saturated rings. The van der Waals surface area contributed by atoms with Gasteiger partial charge in [-0.3, -0.25) is 0 Å². The van der Waals surface area contributed by atoms with Gasteiger partial charge in [0.25, 0.3) is 0 Å². The number of fused-ring (bicyclic) bond motifs is 1. The van der Waals surface area contributed by atoms with Gasteiger partial charge in [0.15, 0.2) is 0 Å². The zero-order valence-electron chi connectivity index (χ0n) is 11.3. The maximum absolute atomic E-state index is 13.5. The van der Waals surface area contributed by atoms with E-state index in [-0.39, 0.29) is 6.04 Å². The Bertz CT molecular complexity index is 542. The molecule has 0 aliphatic rings. The number of rotatable bonds is 6. The summed E-state index contributed by atoms with van der Waals surface area (Å²) in [5, 5.41) is 17.1. The SMILES string of the molecule is CCNC(CC)C(O)(CF)c1ccc2ccsc2c1. The molecule has 0 spiro atoms. The highest BCUT2D eigenvalue weighted by Crippen LogP contribution is 2.32. The molecule has 104 valence electrons. The first kappa shape index (κ1) is 14.4. The number of halogens is 1. The van der Waals surface area contributed by atoms with E-state index in [0.29, 0.717) is 18.5 Å². The minimum absolute atomic E-state index is 0.278. The molecule has 0 aliphatic carbocycles. The molecule has 4 heteroatoms. The van der Waals surface area contributed by atoms with Crippen molar-refractivity contribution in [1.29, 1.82) is 0 Å². The van der Waals surface area contributed by atoms with Gasteiger partial charge < -0.3 is 10.4 Å². The Morgan fingerprint density at radius 3 is 2.79 bits per heavy atom. The van der Waals surface area contributed by atoms with Crippen LogP contribution in [0.2, 0.25) is 0 Å². The van der Waals surface area contributed by atoms with E-state index in [2.05, 4.69) is 5.32 Å². The van der Waals surface area contributed by atoms with Crippen LogP contribution in [0.3, 0.4) is 0 Å². The van der Waals surface area contributed by atoms with E-state index in [9.17, 15) is 9.50 Å². The maximum atomic E-state index is 13.5. The van der Waals surface area contributed by atoms with E-state index in [1.54, 1.807) is 11.3 Å². The average molecular weight is 281 g/mol. The molecule has 1 heterocycles. The quantitative estimate of drug-likeness (QED) is 0.850. The molecule has 0 saturated carbocycles. The molecule has 0 saturated heterocycles. The van der Waals surface area contributed by atoms with Gasteiger partial charge in [-0.15, -0.1) is 11.3 Å². The molecule has 0 aliphatic heterocycles. The largest absolute Gasteiger partial charge is 0.381 e. The van der Waals surface area contributed by atoms with Gasteiger partial charge >= 0.3 is 0 Å². The highest BCUT2D eigenvalue weighted by Gasteiger charge is 2.37. The molecule has 0 radical (unpaired) electrons. The number of nitrogens with one attached hydrogen (secondary N) is 1. The van der Waals surface area contributed by atoms with E-state index in [1.807, 2.05) is 43.5 Å². The van der Waals surface area contributed by atoms with Crippen LogP contribution in [-0.4, -0.2) is 24.4 Å². The summed E-state index contributed by atoms with van der Waals surface area (Å²) in [5.74, 6) is 0. The van der Waals surface area contributed by atoms with Crippen molar-refractivity contribution >= 4 is 21.4 Å². The van der Waals surface area contributed by atoms with Crippen molar-refractivity contribution in [2.45, 2.75) is 31.9 Å². The van der Waals surface area contributed by atoms with Crippen LogP contribution in [0.4, 0.5) is 4.39 Å². The number of likely N-dealkylation sites (N-methyl/N-ethyl adjacent to an activating group) is 1. The van der Waals surface area contributed by atoms with Crippen molar-refractivity contribution in [3.8, 4) is 0 Å². The topological polar surface area (TPSA) is 32.3 Å². The fourth-order valence-electron chi connectivity index (χ4n) is 2.49. The lowest BCUT2D eigenvalue weighted by molar-refractivity contribution is -0.0256. The Morgan fingerprint density at radius 2 is 2.16 bits per heavy atom. The standard InChI is InChI=1S/C15H20FNOS/c1-3-14(17-4-2)15(18,10-16)12-6-5-11-7-8-19-13(11)9-12/h5-9,14,17-18H,3-4,10H2,1-2H3. The number of hydrogen-bond acceptors (Lipinski definition) is 3. The van der Waals surface area contributed by atoms with Gasteiger partial charge in [0.1, 0.15) is 12.3 Å². The molecule has 0 bridgehead atoms. The minimum Gasteiger partial charge on any atom is -0.381 e. The second-order valence-electron chi connectivity index (χ2n) is 4.75. The molecule has 2 N–H and O–H groups in total. The zero-order valence-corrected chi connectivity index (χ0v) is 12.1. The molecule has 2 unspecified atom stereocenters. The van der Waals surface area contributed by atoms with Crippen LogP contribution in [0.1, 0.15) is 25.8 Å². The summed E-state index contributed by atoms with van der Waals surface area (Å²) in [6, 6.07) is 7.43. The summed E-state index contributed by atoms with van der Waals surface area (Å²) in [7, 11) is 0. The van der Waals surface area contributed by atoms with Gasteiger partial charge in [0.05, 0.1) is 0 Å². The van der Waals surface area contributed by atoms with Crippen LogP contribution in [0, 0.1) is 0 Å². The Balaban J connectivity index is 2.43. The van der Waals surface area contributed by atoms with E-state index >= 15 is 0 Å². The van der Waals surface area contributed by atoms with Gasteiger partial charge in [-0.05, 0) is 41.4 Å². The fourth-order valence-corrected chi connectivity index (χ4v) is 3.32. The van der Waals surface area contributed by atoms with Crippen LogP contribution in [-0.2, 0) is 5.60 Å². The predicted octanol–water partition coefficient (Wildman–Crippen LogP) is 3.45. The van der Waals surface area contributed by atoms with Crippen LogP contribution in [0.5, 0.6) is 0 Å².